The Balaban J connectivity index is 2.67. The van der Waals surface area contributed by atoms with E-state index in [0.717, 1.165) is 5.69 Å². The van der Waals surface area contributed by atoms with Gasteiger partial charge in [-0.1, -0.05) is 34.6 Å². The van der Waals surface area contributed by atoms with E-state index < -0.39 is 5.92 Å². The van der Waals surface area contributed by atoms with Crippen LogP contribution in [0.5, 0.6) is 0 Å². The summed E-state index contributed by atoms with van der Waals surface area (Å²) in [6.45, 7) is 9.83. The number of alkyl halides is 2. The van der Waals surface area contributed by atoms with Crippen LogP contribution in [0.25, 0.3) is 0 Å². The molecule has 100 valence electrons. The third-order valence-electron chi connectivity index (χ3n) is 3.29. The van der Waals surface area contributed by atoms with Crippen molar-refractivity contribution in [3.8, 4) is 0 Å². The molecule has 0 bridgehead atoms. The van der Waals surface area contributed by atoms with Crippen molar-refractivity contribution in [3.63, 3.8) is 0 Å². The SMILES string of the molecule is CC(C)c1nc(C(C)(C)C)nc2c1CCC2(F)F. The molecule has 0 saturated carbocycles. The smallest absolute Gasteiger partial charge is 0.237 e. The lowest BCUT2D eigenvalue weighted by Crippen LogP contribution is -2.22. The van der Waals surface area contributed by atoms with Crippen LogP contribution < -0.4 is 0 Å². The fourth-order valence-electron chi connectivity index (χ4n) is 2.26. The molecule has 1 aromatic rings. The lowest BCUT2D eigenvalue weighted by molar-refractivity contribution is -0.00632. The Bertz CT molecular complexity index is 473. The molecule has 0 spiro atoms. The summed E-state index contributed by atoms with van der Waals surface area (Å²) in [6, 6.07) is 0. The van der Waals surface area contributed by atoms with E-state index in [4.69, 9.17) is 0 Å². The molecule has 0 atom stereocenters. The Morgan fingerprint density at radius 2 is 1.78 bits per heavy atom. The van der Waals surface area contributed by atoms with E-state index in [2.05, 4.69) is 9.97 Å². The molecule has 1 heterocycles. The first kappa shape index (κ1) is 13.4. The number of rotatable bonds is 1. The van der Waals surface area contributed by atoms with Gasteiger partial charge in [-0.05, 0) is 12.3 Å². The van der Waals surface area contributed by atoms with Crippen LogP contribution in [0, 0.1) is 0 Å². The van der Waals surface area contributed by atoms with Gasteiger partial charge in [0.1, 0.15) is 11.5 Å². The van der Waals surface area contributed by atoms with Crippen molar-refractivity contribution in [2.24, 2.45) is 0 Å². The van der Waals surface area contributed by atoms with Gasteiger partial charge in [0, 0.05) is 17.4 Å². The van der Waals surface area contributed by atoms with Crippen LogP contribution in [0.4, 0.5) is 8.78 Å². The Morgan fingerprint density at radius 3 is 2.28 bits per heavy atom. The normalized spacial score (nSPS) is 18.2. The summed E-state index contributed by atoms with van der Waals surface area (Å²) in [5.41, 5.74) is 1.12. The van der Waals surface area contributed by atoms with Gasteiger partial charge in [0.05, 0.1) is 5.69 Å². The minimum absolute atomic E-state index is 0.0360. The van der Waals surface area contributed by atoms with Crippen molar-refractivity contribution in [2.75, 3.05) is 0 Å². The zero-order chi connectivity index (χ0) is 13.7. The summed E-state index contributed by atoms with van der Waals surface area (Å²) in [4.78, 5) is 8.70. The highest BCUT2D eigenvalue weighted by molar-refractivity contribution is 5.36. The second-order valence-electron chi connectivity index (χ2n) is 6.37. The number of hydrogen-bond donors (Lipinski definition) is 0. The molecule has 1 aromatic heterocycles. The van der Waals surface area contributed by atoms with Gasteiger partial charge in [-0.2, -0.15) is 8.78 Å². The molecular formula is C14H20F2N2. The van der Waals surface area contributed by atoms with Gasteiger partial charge in [-0.3, -0.25) is 0 Å². The summed E-state index contributed by atoms with van der Waals surface area (Å²) in [6.07, 6.45) is 0.255. The summed E-state index contributed by atoms with van der Waals surface area (Å²) in [7, 11) is 0. The van der Waals surface area contributed by atoms with Crippen LogP contribution in [0.15, 0.2) is 0 Å². The van der Waals surface area contributed by atoms with Gasteiger partial charge in [0.15, 0.2) is 0 Å². The van der Waals surface area contributed by atoms with E-state index >= 15 is 0 Å². The third kappa shape index (κ3) is 2.13. The molecule has 0 aromatic carbocycles. The molecule has 0 saturated heterocycles. The van der Waals surface area contributed by atoms with Crippen LogP contribution in [0.1, 0.15) is 69.7 Å². The minimum atomic E-state index is -2.79. The largest absolute Gasteiger partial charge is 0.290 e. The average Bonchev–Trinajstić information content (AvgIpc) is 2.52. The maximum absolute atomic E-state index is 13.9. The Morgan fingerprint density at radius 1 is 1.17 bits per heavy atom. The molecule has 0 N–H and O–H groups in total. The predicted octanol–water partition coefficient (Wildman–Crippen LogP) is 3.94. The van der Waals surface area contributed by atoms with Gasteiger partial charge in [0.2, 0.25) is 0 Å². The maximum atomic E-state index is 13.9. The number of hydrogen-bond acceptors (Lipinski definition) is 2. The number of fused-ring (bicyclic) bond motifs is 1. The first-order valence-corrected chi connectivity index (χ1v) is 6.42. The van der Waals surface area contributed by atoms with E-state index in [1.54, 1.807) is 0 Å². The third-order valence-corrected chi connectivity index (χ3v) is 3.29. The van der Waals surface area contributed by atoms with Crippen molar-refractivity contribution in [1.29, 1.82) is 0 Å². The minimum Gasteiger partial charge on any atom is -0.237 e. The molecule has 0 unspecified atom stereocenters. The van der Waals surface area contributed by atoms with Crippen molar-refractivity contribution in [3.05, 3.63) is 22.8 Å². The van der Waals surface area contributed by atoms with Gasteiger partial charge >= 0.3 is 0 Å². The molecule has 1 aliphatic carbocycles. The molecule has 2 nitrogen and oxygen atoms in total. The topological polar surface area (TPSA) is 25.8 Å². The first-order valence-electron chi connectivity index (χ1n) is 6.42. The molecule has 0 aliphatic heterocycles. The number of aromatic nitrogens is 2. The second-order valence-corrected chi connectivity index (χ2v) is 6.37. The molecule has 0 amide bonds. The first-order chi connectivity index (χ1) is 8.13. The molecule has 4 heteroatoms. The standard InChI is InChI=1S/C14H20F2N2/c1-8(2)10-9-6-7-14(15,16)11(9)18-12(17-10)13(3,4)5/h8H,6-7H2,1-5H3. The Labute approximate surface area is 107 Å². The Hall–Kier alpha value is -1.06. The van der Waals surface area contributed by atoms with E-state index in [1.165, 1.54) is 0 Å². The highest BCUT2D eigenvalue weighted by Crippen LogP contribution is 2.43. The molecule has 1 aliphatic rings. The van der Waals surface area contributed by atoms with E-state index in [-0.39, 0.29) is 23.4 Å². The van der Waals surface area contributed by atoms with Crippen molar-refractivity contribution < 1.29 is 8.78 Å². The van der Waals surface area contributed by atoms with E-state index in [9.17, 15) is 8.78 Å². The summed E-state index contributed by atoms with van der Waals surface area (Å²) in [5.74, 6) is -2.12. The summed E-state index contributed by atoms with van der Waals surface area (Å²) >= 11 is 0. The fraction of sp³-hybridized carbons (Fsp3) is 0.714. The highest BCUT2D eigenvalue weighted by atomic mass is 19.3. The van der Waals surface area contributed by atoms with Gasteiger partial charge in [-0.15, -0.1) is 0 Å². The van der Waals surface area contributed by atoms with Crippen LogP contribution in [-0.2, 0) is 17.8 Å². The van der Waals surface area contributed by atoms with Crippen molar-refractivity contribution >= 4 is 0 Å². The molecular weight excluding hydrogens is 234 g/mol. The fourth-order valence-corrected chi connectivity index (χ4v) is 2.26. The van der Waals surface area contributed by atoms with Crippen LogP contribution in [0.3, 0.4) is 0 Å². The van der Waals surface area contributed by atoms with E-state index in [0.29, 0.717) is 17.8 Å². The maximum Gasteiger partial charge on any atom is 0.290 e. The van der Waals surface area contributed by atoms with Crippen molar-refractivity contribution in [2.45, 2.75) is 64.7 Å². The average molecular weight is 254 g/mol. The number of nitrogens with zero attached hydrogens (tertiary/aromatic N) is 2. The number of halogens is 2. The summed E-state index contributed by atoms with van der Waals surface area (Å²) in [5, 5.41) is 0. The zero-order valence-electron chi connectivity index (χ0n) is 11.6. The lowest BCUT2D eigenvalue weighted by Gasteiger charge is -2.21. The van der Waals surface area contributed by atoms with Crippen LogP contribution >= 0.6 is 0 Å². The molecule has 2 rings (SSSR count). The zero-order valence-corrected chi connectivity index (χ0v) is 11.6. The van der Waals surface area contributed by atoms with Gasteiger partial charge in [-0.25, -0.2) is 9.97 Å². The quantitative estimate of drug-likeness (QED) is 0.758. The summed E-state index contributed by atoms with van der Waals surface area (Å²) < 4.78 is 27.7. The monoisotopic (exact) mass is 254 g/mol. The molecule has 0 radical (unpaired) electrons. The van der Waals surface area contributed by atoms with Crippen LogP contribution in [0.2, 0.25) is 0 Å². The van der Waals surface area contributed by atoms with Crippen LogP contribution in [-0.4, -0.2) is 9.97 Å². The van der Waals surface area contributed by atoms with E-state index in [1.807, 2.05) is 34.6 Å². The molecule has 18 heavy (non-hydrogen) atoms. The predicted molar refractivity (Wildman–Crippen MR) is 67.0 cm³/mol. The van der Waals surface area contributed by atoms with Gasteiger partial charge < -0.3 is 0 Å². The molecule has 0 fully saturated rings. The van der Waals surface area contributed by atoms with Crippen molar-refractivity contribution in [1.82, 2.24) is 9.97 Å². The second kappa shape index (κ2) is 3.97. The Kier molecular flexibility index (Phi) is 2.95. The highest BCUT2D eigenvalue weighted by Gasteiger charge is 2.43. The van der Waals surface area contributed by atoms with Gasteiger partial charge in [0.25, 0.3) is 5.92 Å². The lowest BCUT2D eigenvalue weighted by atomic mass is 9.94.